The summed E-state index contributed by atoms with van der Waals surface area (Å²) in [6, 6.07) is 9.92. The van der Waals surface area contributed by atoms with E-state index in [0.717, 1.165) is 11.2 Å². The van der Waals surface area contributed by atoms with E-state index >= 15 is 0 Å². The molecule has 0 N–H and O–H groups in total. The smallest absolute Gasteiger partial charge is 0.133 e. The molecular weight excluding hydrogens is 156 g/mol. The van der Waals surface area contributed by atoms with Crippen molar-refractivity contribution in [3.05, 3.63) is 30.3 Å². The second-order valence-electron chi connectivity index (χ2n) is 2.27. The molecule has 0 saturated carbocycles. The van der Waals surface area contributed by atoms with Crippen LogP contribution in [0, 0.1) is 0 Å². The highest BCUT2D eigenvalue weighted by Crippen LogP contribution is 2.20. The van der Waals surface area contributed by atoms with Crippen molar-refractivity contribution >= 4 is 18.0 Å². The average Bonchev–Trinajstić information content (AvgIpc) is 2.06. The molecule has 0 unspecified atom stereocenters. The Morgan fingerprint density at radius 3 is 2.55 bits per heavy atom. The molecule has 0 aromatic heterocycles. The Hall–Kier alpha value is -0.760. The summed E-state index contributed by atoms with van der Waals surface area (Å²) < 4.78 is 0. The second kappa shape index (κ2) is 4.19. The molecule has 0 spiro atoms. The summed E-state index contributed by atoms with van der Waals surface area (Å²) in [5.74, 6) is 0. The van der Waals surface area contributed by atoms with Gasteiger partial charge in [0.05, 0.1) is 5.25 Å². The first-order valence-electron chi connectivity index (χ1n) is 3.50. The maximum Gasteiger partial charge on any atom is 0.133 e. The minimum absolute atomic E-state index is 0.0531. The molecule has 58 valence electrons. The van der Waals surface area contributed by atoms with Gasteiger partial charge in [-0.3, -0.25) is 0 Å². The van der Waals surface area contributed by atoms with Crippen molar-refractivity contribution in [2.75, 3.05) is 0 Å². The molecule has 0 aliphatic rings. The first-order valence-corrected chi connectivity index (χ1v) is 4.38. The Labute approximate surface area is 70.8 Å². The van der Waals surface area contributed by atoms with Crippen molar-refractivity contribution in [3.63, 3.8) is 0 Å². The summed E-state index contributed by atoms with van der Waals surface area (Å²) in [6.07, 6.45) is 0.956. The molecule has 0 radical (unpaired) electrons. The quantitative estimate of drug-likeness (QED) is 0.506. The molecule has 0 amide bonds. The van der Waals surface area contributed by atoms with Gasteiger partial charge in [0.15, 0.2) is 0 Å². The molecule has 0 aliphatic carbocycles. The fourth-order valence-electron chi connectivity index (χ4n) is 0.741. The first-order chi connectivity index (χ1) is 5.33. The molecule has 0 heterocycles. The summed E-state index contributed by atoms with van der Waals surface area (Å²) in [4.78, 5) is 11.4. The number of hydrogen-bond donors (Lipinski definition) is 0. The van der Waals surface area contributed by atoms with Gasteiger partial charge in [0.1, 0.15) is 6.29 Å². The van der Waals surface area contributed by atoms with Gasteiger partial charge in [0, 0.05) is 4.90 Å². The number of hydrogen-bond acceptors (Lipinski definition) is 2. The highest BCUT2D eigenvalue weighted by atomic mass is 32.2. The molecule has 1 aromatic rings. The van der Waals surface area contributed by atoms with E-state index in [4.69, 9.17) is 0 Å². The highest BCUT2D eigenvalue weighted by Gasteiger charge is 1.99. The Morgan fingerprint density at radius 1 is 1.36 bits per heavy atom. The zero-order chi connectivity index (χ0) is 8.10. The third kappa shape index (κ3) is 2.76. The lowest BCUT2D eigenvalue weighted by Gasteiger charge is -2.01. The molecule has 2 heteroatoms. The lowest BCUT2D eigenvalue weighted by Crippen LogP contribution is -1.95. The van der Waals surface area contributed by atoms with Crippen molar-refractivity contribution in [2.45, 2.75) is 17.1 Å². The highest BCUT2D eigenvalue weighted by molar-refractivity contribution is 8.00. The Balaban J connectivity index is 2.57. The van der Waals surface area contributed by atoms with Crippen LogP contribution in [0.4, 0.5) is 0 Å². The van der Waals surface area contributed by atoms with Crippen LogP contribution in [0.2, 0.25) is 0 Å². The maximum absolute atomic E-state index is 10.3. The summed E-state index contributed by atoms with van der Waals surface area (Å²) >= 11 is 1.58. The molecular formula is C9H10OS. The molecule has 1 nitrogen and oxygen atoms in total. The molecule has 1 atom stereocenters. The van der Waals surface area contributed by atoms with Gasteiger partial charge in [-0.1, -0.05) is 18.2 Å². The predicted octanol–water partition coefficient (Wildman–Crippen LogP) is 2.37. The van der Waals surface area contributed by atoms with E-state index in [0.29, 0.717) is 0 Å². The minimum atomic E-state index is 0.0531. The number of rotatable bonds is 3. The first kappa shape index (κ1) is 8.34. The average molecular weight is 166 g/mol. The lowest BCUT2D eigenvalue weighted by molar-refractivity contribution is -0.107. The van der Waals surface area contributed by atoms with Gasteiger partial charge < -0.3 is 4.79 Å². The summed E-state index contributed by atoms with van der Waals surface area (Å²) in [5.41, 5.74) is 0. The van der Waals surface area contributed by atoms with Gasteiger partial charge in [0.2, 0.25) is 0 Å². The number of thioether (sulfide) groups is 1. The maximum atomic E-state index is 10.3. The molecule has 11 heavy (non-hydrogen) atoms. The minimum Gasteiger partial charge on any atom is -0.302 e. The standard InChI is InChI=1S/C9H10OS/c1-8(7-10)11-9-5-3-2-4-6-9/h2-8H,1H3/t8-/m1/s1. The van der Waals surface area contributed by atoms with Crippen LogP contribution in [-0.4, -0.2) is 11.5 Å². The monoisotopic (exact) mass is 166 g/mol. The third-order valence-electron chi connectivity index (χ3n) is 1.26. The van der Waals surface area contributed by atoms with Crippen LogP contribution in [0.25, 0.3) is 0 Å². The number of carbonyl (C=O) groups is 1. The Bertz CT molecular complexity index is 220. The van der Waals surface area contributed by atoms with E-state index in [2.05, 4.69) is 0 Å². The topological polar surface area (TPSA) is 17.1 Å². The van der Waals surface area contributed by atoms with Gasteiger partial charge in [0.25, 0.3) is 0 Å². The largest absolute Gasteiger partial charge is 0.302 e. The second-order valence-corrected chi connectivity index (χ2v) is 3.72. The Kier molecular flexibility index (Phi) is 3.17. The molecule has 1 rings (SSSR count). The summed E-state index contributed by atoms with van der Waals surface area (Å²) in [7, 11) is 0. The van der Waals surface area contributed by atoms with Crippen molar-refractivity contribution in [3.8, 4) is 0 Å². The van der Waals surface area contributed by atoms with Crippen LogP contribution in [0.15, 0.2) is 35.2 Å². The Morgan fingerprint density at radius 2 is 2.00 bits per heavy atom. The number of benzene rings is 1. The molecule has 1 aromatic carbocycles. The van der Waals surface area contributed by atoms with E-state index < -0.39 is 0 Å². The fraction of sp³-hybridized carbons (Fsp3) is 0.222. The van der Waals surface area contributed by atoms with Crippen LogP contribution >= 0.6 is 11.8 Å². The normalized spacial score (nSPS) is 12.5. The van der Waals surface area contributed by atoms with Gasteiger partial charge in [-0.2, -0.15) is 0 Å². The third-order valence-corrected chi connectivity index (χ3v) is 2.28. The molecule has 0 bridgehead atoms. The zero-order valence-corrected chi connectivity index (χ0v) is 7.17. The zero-order valence-electron chi connectivity index (χ0n) is 6.36. The van der Waals surface area contributed by atoms with Crippen LogP contribution in [-0.2, 0) is 4.79 Å². The van der Waals surface area contributed by atoms with E-state index in [1.54, 1.807) is 11.8 Å². The van der Waals surface area contributed by atoms with Gasteiger partial charge >= 0.3 is 0 Å². The summed E-state index contributed by atoms with van der Waals surface area (Å²) in [5, 5.41) is 0.0531. The number of carbonyl (C=O) groups excluding carboxylic acids is 1. The molecule has 0 aliphatic heterocycles. The number of aldehydes is 1. The van der Waals surface area contributed by atoms with Crippen molar-refractivity contribution in [1.29, 1.82) is 0 Å². The van der Waals surface area contributed by atoms with Crippen LogP contribution in [0.5, 0.6) is 0 Å². The summed E-state index contributed by atoms with van der Waals surface area (Å²) in [6.45, 7) is 1.89. The SMILES string of the molecule is C[C@H](C=O)Sc1ccccc1. The van der Waals surface area contributed by atoms with E-state index in [-0.39, 0.29) is 5.25 Å². The molecule has 0 fully saturated rings. The van der Waals surface area contributed by atoms with E-state index in [1.807, 2.05) is 37.3 Å². The lowest BCUT2D eigenvalue weighted by atomic mass is 10.4. The van der Waals surface area contributed by atoms with Gasteiger partial charge in [-0.05, 0) is 19.1 Å². The van der Waals surface area contributed by atoms with Crippen molar-refractivity contribution in [2.24, 2.45) is 0 Å². The molecule has 0 saturated heterocycles. The van der Waals surface area contributed by atoms with Crippen LogP contribution < -0.4 is 0 Å². The van der Waals surface area contributed by atoms with E-state index in [9.17, 15) is 4.79 Å². The van der Waals surface area contributed by atoms with Crippen molar-refractivity contribution in [1.82, 2.24) is 0 Å². The van der Waals surface area contributed by atoms with Gasteiger partial charge in [-0.15, -0.1) is 11.8 Å². The van der Waals surface area contributed by atoms with Gasteiger partial charge in [-0.25, -0.2) is 0 Å². The van der Waals surface area contributed by atoms with Crippen LogP contribution in [0.1, 0.15) is 6.92 Å². The van der Waals surface area contributed by atoms with Crippen molar-refractivity contribution < 1.29 is 4.79 Å². The predicted molar refractivity (Wildman–Crippen MR) is 47.8 cm³/mol. The fourth-order valence-corrected chi connectivity index (χ4v) is 1.54. The van der Waals surface area contributed by atoms with Crippen LogP contribution in [0.3, 0.4) is 0 Å². The van der Waals surface area contributed by atoms with E-state index in [1.165, 1.54) is 0 Å².